The second-order valence-electron chi connectivity index (χ2n) is 4.11. The predicted molar refractivity (Wildman–Crippen MR) is 92.1 cm³/mol. The molecule has 2 rings (SSSR count). The van der Waals surface area contributed by atoms with E-state index in [0.29, 0.717) is 11.7 Å². The van der Waals surface area contributed by atoms with Gasteiger partial charge in [0.25, 0.3) is 0 Å². The SMILES string of the molecule is O=C(NNC(=S)NCCSc1ccc(Cl)cc1)c1ccco1. The van der Waals surface area contributed by atoms with Crippen LogP contribution in [0.25, 0.3) is 0 Å². The molecule has 22 heavy (non-hydrogen) atoms. The number of furan rings is 1. The number of hydrogen-bond acceptors (Lipinski definition) is 4. The molecular weight excluding hydrogens is 342 g/mol. The highest BCUT2D eigenvalue weighted by molar-refractivity contribution is 7.99. The van der Waals surface area contributed by atoms with Gasteiger partial charge in [0, 0.05) is 22.2 Å². The first-order valence-corrected chi connectivity index (χ1v) is 8.18. The van der Waals surface area contributed by atoms with E-state index in [1.54, 1.807) is 23.9 Å². The molecule has 116 valence electrons. The smallest absolute Gasteiger partial charge is 0.305 e. The highest BCUT2D eigenvalue weighted by Gasteiger charge is 2.07. The summed E-state index contributed by atoms with van der Waals surface area (Å²) >= 11 is 12.6. The number of hydrogen-bond donors (Lipinski definition) is 3. The molecule has 0 saturated heterocycles. The Morgan fingerprint density at radius 1 is 1.23 bits per heavy atom. The van der Waals surface area contributed by atoms with Crippen molar-refractivity contribution in [2.45, 2.75) is 4.90 Å². The number of thioether (sulfide) groups is 1. The maximum Gasteiger partial charge on any atom is 0.305 e. The van der Waals surface area contributed by atoms with Crippen LogP contribution in [0, 0.1) is 0 Å². The third-order valence-electron chi connectivity index (χ3n) is 2.50. The van der Waals surface area contributed by atoms with E-state index < -0.39 is 0 Å². The Morgan fingerprint density at radius 3 is 2.68 bits per heavy atom. The summed E-state index contributed by atoms with van der Waals surface area (Å²) in [4.78, 5) is 12.7. The zero-order valence-corrected chi connectivity index (χ0v) is 13.9. The van der Waals surface area contributed by atoms with Crippen LogP contribution in [0.5, 0.6) is 0 Å². The van der Waals surface area contributed by atoms with Gasteiger partial charge < -0.3 is 9.73 Å². The average molecular weight is 356 g/mol. The lowest BCUT2D eigenvalue weighted by Gasteiger charge is -2.10. The molecule has 0 radical (unpaired) electrons. The van der Waals surface area contributed by atoms with Crippen molar-refractivity contribution >= 4 is 46.6 Å². The molecule has 0 spiro atoms. The molecule has 2 aromatic rings. The first-order chi connectivity index (χ1) is 10.6. The van der Waals surface area contributed by atoms with E-state index in [1.165, 1.54) is 6.26 Å². The Bertz CT molecular complexity index is 618. The fourth-order valence-electron chi connectivity index (χ4n) is 1.49. The molecule has 1 aromatic carbocycles. The standard InChI is InChI=1S/C14H14ClN3O2S2/c15-10-3-5-11(6-4-10)22-9-7-16-14(21)18-17-13(19)12-2-1-8-20-12/h1-6,8H,7,9H2,(H,17,19)(H2,16,18,21). The summed E-state index contributed by atoms with van der Waals surface area (Å²) < 4.78 is 4.96. The molecule has 0 atom stereocenters. The first-order valence-electron chi connectivity index (χ1n) is 6.41. The Kier molecular flexibility index (Phi) is 6.57. The highest BCUT2D eigenvalue weighted by Crippen LogP contribution is 2.19. The van der Waals surface area contributed by atoms with Crippen molar-refractivity contribution in [2.75, 3.05) is 12.3 Å². The van der Waals surface area contributed by atoms with Gasteiger partial charge in [-0.1, -0.05) is 11.6 Å². The van der Waals surface area contributed by atoms with Crippen LogP contribution in [0.3, 0.4) is 0 Å². The Hall–Kier alpha value is -1.70. The minimum Gasteiger partial charge on any atom is -0.459 e. The molecular formula is C14H14ClN3O2S2. The predicted octanol–water partition coefficient (Wildman–Crippen LogP) is 2.83. The van der Waals surface area contributed by atoms with Gasteiger partial charge in [0.05, 0.1) is 6.26 Å². The maximum absolute atomic E-state index is 11.6. The number of carbonyl (C=O) groups is 1. The Labute approximate surface area is 142 Å². The largest absolute Gasteiger partial charge is 0.459 e. The summed E-state index contributed by atoms with van der Waals surface area (Å²) in [7, 11) is 0. The van der Waals surface area contributed by atoms with Crippen LogP contribution >= 0.6 is 35.6 Å². The van der Waals surface area contributed by atoms with Crippen LogP contribution in [0.4, 0.5) is 0 Å². The molecule has 1 aromatic heterocycles. The lowest BCUT2D eigenvalue weighted by atomic mass is 10.4. The van der Waals surface area contributed by atoms with Gasteiger partial charge in [-0.2, -0.15) is 0 Å². The van der Waals surface area contributed by atoms with Crippen molar-refractivity contribution in [1.82, 2.24) is 16.2 Å². The number of carbonyl (C=O) groups excluding carboxylic acids is 1. The number of halogens is 1. The van der Waals surface area contributed by atoms with Crippen molar-refractivity contribution in [1.29, 1.82) is 0 Å². The van der Waals surface area contributed by atoms with Gasteiger partial charge in [0.15, 0.2) is 10.9 Å². The lowest BCUT2D eigenvalue weighted by molar-refractivity contribution is 0.0916. The summed E-state index contributed by atoms with van der Waals surface area (Å²) in [5.74, 6) is 0.661. The average Bonchev–Trinajstić information content (AvgIpc) is 3.05. The molecule has 0 aliphatic carbocycles. The zero-order chi connectivity index (χ0) is 15.8. The fraction of sp³-hybridized carbons (Fsp3) is 0.143. The molecule has 5 nitrogen and oxygen atoms in total. The van der Waals surface area contributed by atoms with E-state index >= 15 is 0 Å². The number of thiocarbonyl (C=S) groups is 1. The second kappa shape index (κ2) is 8.67. The molecule has 0 unspecified atom stereocenters. The van der Waals surface area contributed by atoms with Gasteiger partial charge in [-0.25, -0.2) is 0 Å². The summed E-state index contributed by atoms with van der Waals surface area (Å²) in [6, 6.07) is 10.8. The monoisotopic (exact) mass is 355 g/mol. The van der Waals surface area contributed by atoms with Crippen molar-refractivity contribution in [3.63, 3.8) is 0 Å². The van der Waals surface area contributed by atoms with E-state index in [2.05, 4.69) is 16.2 Å². The van der Waals surface area contributed by atoms with Gasteiger partial charge in [0.2, 0.25) is 0 Å². The van der Waals surface area contributed by atoms with Gasteiger partial charge in [-0.15, -0.1) is 11.8 Å². The number of amides is 1. The molecule has 1 amide bonds. The third kappa shape index (κ3) is 5.59. The minimum atomic E-state index is -0.385. The highest BCUT2D eigenvalue weighted by atomic mass is 35.5. The number of nitrogens with one attached hydrogen (secondary N) is 3. The molecule has 0 aliphatic rings. The summed E-state index contributed by atoms with van der Waals surface area (Å²) in [5.41, 5.74) is 5.05. The Balaban J connectivity index is 1.59. The molecule has 0 fully saturated rings. The minimum absolute atomic E-state index is 0.216. The zero-order valence-electron chi connectivity index (χ0n) is 11.5. The Morgan fingerprint density at radius 2 is 2.00 bits per heavy atom. The maximum atomic E-state index is 11.6. The van der Waals surface area contributed by atoms with E-state index in [4.69, 9.17) is 28.2 Å². The van der Waals surface area contributed by atoms with Gasteiger partial charge in [-0.3, -0.25) is 15.6 Å². The van der Waals surface area contributed by atoms with Crippen molar-refractivity contribution in [3.8, 4) is 0 Å². The lowest BCUT2D eigenvalue weighted by Crippen LogP contribution is -2.47. The fourth-order valence-corrected chi connectivity index (χ4v) is 2.54. The van der Waals surface area contributed by atoms with Crippen LogP contribution < -0.4 is 16.2 Å². The van der Waals surface area contributed by atoms with Crippen molar-refractivity contribution in [2.24, 2.45) is 0 Å². The summed E-state index contributed by atoms with van der Waals surface area (Å²) in [6.07, 6.45) is 1.43. The molecule has 3 N–H and O–H groups in total. The van der Waals surface area contributed by atoms with Gasteiger partial charge in [0.1, 0.15) is 0 Å². The normalized spacial score (nSPS) is 10.0. The van der Waals surface area contributed by atoms with Crippen LogP contribution in [0.1, 0.15) is 10.6 Å². The molecule has 0 bridgehead atoms. The van der Waals surface area contributed by atoms with Gasteiger partial charge in [-0.05, 0) is 48.6 Å². The summed E-state index contributed by atoms with van der Waals surface area (Å²) in [6.45, 7) is 0.662. The number of rotatable bonds is 5. The van der Waals surface area contributed by atoms with E-state index in [1.807, 2.05) is 24.3 Å². The summed E-state index contributed by atoms with van der Waals surface area (Å²) in [5, 5.41) is 4.06. The van der Waals surface area contributed by atoms with Crippen LogP contribution in [-0.4, -0.2) is 23.3 Å². The quantitative estimate of drug-likeness (QED) is 0.332. The first kappa shape index (κ1) is 16.7. The molecule has 1 heterocycles. The molecule has 0 aliphatic heterocycles. The van der Waals surface area contributed by atoms with Crippen molar-refractivity contribution in [3.05, 3.63) is 53.4 Å². The molecule has 0 saturated carbocycles. The van der Waals surface area contributed by atoms with E-state index in [-0.39, 0.29) is 11.7 Å². The third-order valence-corrected chi connectivity index (χ3v) is 4.02. The number of benzene rings is 1. The van der Waals surface area contributed by atoms with E-state index in [9.17, 15) is 4.79 Å². The van der Waals surface area contributed by atoms with Crippen molar-refractivity contribution < 1.29 is 9.21 Å². The van der Waals surface area contributed by atoms with Crippen LogP contribution in [0.15, 0.2) is 52.0 Å². The molecule has 8 heteroatoms. The van der Waals surface area contributed by atoms with Gasteiger partial charge >= 0.3 is 5.91 Å². The number of hydrazine groups is 1. The van der Waals surface area contributed by atoms with Crippen LogP contribution in [-0.2, 0) is 0 Å². The van der Waals surface area contributed by atoms with E-state index in [0.717, 1.165) is 15.7 Å². The topological polar surface area (TPSA) is 66.3 Å². The second-order valence-corrected chi connectivity index (χ2v) is 6.13. The van der Waals surface area contributed by atoms with Crippen LogP contribution in [0.2, 0.25) is 5.02 Å².